The molecule has 1 heterocycles. The standard InChI is InChI=1S/C21H18F2N2O4S/c22-19-9-8-17(13-20(19)23)24-21(26)15-25(14-18-7-4-11-29-18)30(27,28)12-10-16-5-2-1-3-6-16/h1-13H,14-15H2,(H,24,26)/b12-10+. The Morgan fingerprint density at radius 2 is 1.80 bits per heavy atom. The van der Waals surface area contributed by atoms with Gasteiger partial charge in [-0.1, -0.05) is 30.3 Å². The number of benzene rings is 2. The average Bonchev–Trinajstić information content (AvgIpc) is 3.23. The van der Waals surface area contributed by atoms with Gasteiger partial charge in [-0.2, -0.15) is 4.31 Å². The molecule has 156 valence electrons. The molecule has 0 saturated heterocycles. The summed E-state index contributed by atoms with van der Waals surface area (Å²) in [6.07, 6.45) is 2.80. The van der Waals surface area contributed by atoms with E-state index in [1.165, 1.54) is 18.4 Å². The van der Waals surface area contributed by atoms with Crippen LogP contribution in [0.15, 0.2) is 76.8 Å². The quantitative estimate of drug-likeness (QED) is 0.584. The molecule has 0 bridgehead atoms. The van der Waals surface area contributed by atoms with Crippen molar-refractivity contribution in [1.82, 2.24) is 4.31 Å². The van der Waals surface area contributed by atoms with Gasteiger partial charge < -0.3 is 9.73 Å². The molecule has 1 amide bonds. The first-order chi connectivity index (χ1) is 14.3. The van der Waals surface area contributed by atoms with Crippen molar-refractivity contribution in [1.29, 1.82) is 0 Å². The summed E-state index contributed by atoms with van der Waals surface area (Å²) >= 11 is 0. The van der Waals surface area contributed by atoms with Gasteiger partial charge in [0.05, 0.1) is 19.4 Å². The van der Waals surface area contributed by atoms with Crippen molar-refractivity contribution in [3.63, 3.8) is 0 Å². The molecule has 3 aromatic rings. The zero-order valence-corrected chi connectivity index (χ0v) is 16.5. The molecule has 0 spiro atoms. The first kappa shape index (κ1) is 21.4. The van der Waals surface area contributed by atoms with Crippen LogP contribution in [0.1, 0.15) is 11.3 Å². The van der Waals surface area contributed by atoms with Crippen LogP contribution in [0.4, 0.5) is 14.5 Å². The Morgan fingerprint density at radius 3 is 2.47 bits per heavy atom. The molecular weight excluding hydrogens is 414 g/mol. The van der Waals surface area contributed by atoms with E-state index in [9.17, 15) is 22.0 Å². The third-order valence-corrected chi connectivity index (χ3v) is 5.49. The van der Waals surface area contributed by atoms with Crippen LogP contribution < -0.4 is 5.32 Å². The second-order valence-corrected chi connectivity index (χ2v) is 8.10. The Morgan fingerprint density at radius 1 is 1.03 bits per heavy atom. The Hall–Kier alpha value is -3.30. The van der Waals surface area contributed by atoms with Gasteiger partial charge in [0.2, 0.25) is 15.9 Å². The average molecular weight is 432 g/mol. The molecule has 9 heteroatoms. The zero-order valence-electron chi connectivity index (χ0n) is 15.7. The minimum absolute atomic E-state index is 0.00840. The molecular formula is C21H18F2N2O4S. The number of sulfonamides is 1. The number of anilines is 1. The lowest BCUT2D eigenvalue weighted by Crippen LogP contribution is -2.36. The maximum Gasteiger partial charge on any atom is 0.239 e. The molecule has 0 aliphatic rings. The monoisotopic (exact) mass is 432 g/mol. The molecule has 2 aromatic carbocycles. The van der Waals surface area contributed by atoms with Crippen molar-refractivity contribution in [2.75, 3.05) is 11.9 Å². The van der Waals surface area contributed by atoms with Crippen LogP contribution in [-0.2, 0) is 21.4 Å². The Balaban J connectivity index is 1.78. The summed E-state index contributed by atoms with van der Waals surface area (Å²) in [5, 5.41) is 3.36. The van der Waals surface area contributed by atoms with E-state index in [1.807, 2.05) is 0 Å². The van der Waals surface area contributed by atoms with Crippen molar-refractivity contribution in [3.05, 3.63) is 95.3 Å². The molecule has 0 atom stereocenters. The second kappa shape index (κ2) is 9.47. The van der Waals surface area contributed by atoms with Gasteiger partial charge in [0.15, 0.2) is 11.6 Å². The summed E-state index contributed by atoms with van der Waals surface area (Å²) in [6, 6.07) is 14.8. The number of nitrogens with zero attached hydrogens (tertiary/aromatic N) is 1. The van der Waals surface area contributed by atoms with E-state index in [2.05, 4.69) is 5.32 Å². The van der Waals surface area contributed by atoms with Gasteiger partial charge >= 0.3 is 0 Å². The molecule has 30 heavy (non-hydrogen) atoms. The molecule has 0 saturated carbocycles. The molecule has 3 rings (SSSR count). The summed E-state index contributed by atoms with van der Waals surface area (Å²) < 4.78 is 58.2. The molecule has 0 aliphatic heterocycles. The van der Waals surface area contributed by atoms with Gasteiger partial charge in [-0.25, -0.2) is 17.2 Å². The number of rotatable bonds is 8. The number of hydrogen-bond acceptors (Lipinski definition) is 4. The third-order valence-electron chi connectivity index (χ3n) is 4.03. The lowest BCUT2D eigenvalue weighted by molar-refractivity contribution is -0.116. The first-order valence-corrected chi connectivity index (χ1v) is 10.3. The Bertz CT molecular complexity index is 1130. The van der Waals surface area contributed by atoms with Crippen molar-refractivity contribution in [2.24, 2.45) is 0 Å². The molecule has 1 N–H and O–H groups in total. The summed E-state index contributed by atoms with van der Waals surface area (Å²) in [5.41, 5.74) is 0.680. The molecule has 0 unspecified atom stereocenters. The topological polar surface area (TPSA) is 79.6 Å². The fourth-order valence-electron chi connectivity index (χ4n) is 2.56. The number of amides is 1. The number of hydrogen-bond donors (Lipinski definition) is 1. The maximum atomic E-state index is 13.3. The largest absolute Gasteiger partial charge is 0.468 e. The van der Waals surface area contributed by atoms with E-state index in [1.54, 1.807) is 42.5 Å². The van der Waals surface area contributed by atoms with Gasteiger partial charge in [-0.3, -0.25) is 4.79 Å². The molecule has 6 nitrogen and oxygen atoms in total. The van der Waals surface area contributed by atoms with E-state index >= 15 is 0 Å². The van der Waals surface area contributed by atoms with Crippen LogP contribution in [0, 0.1) is 11.6 Å². The van der Waals surface area contributed by atoms with Crippen LogP contribution in [0.25, 0.3) is 6.08 Å². The van der Waals surface area contributed by atoms with Crippen LogP contribution in [-0.4, -0.2) is 25.2 Å². The highest BCUT2D eigenvalue weighted by Crippen LogP contribution is 2.16. The van der Waals surface area contributed by atoms with Gasteiger partial charge in [-0.05, 0) is 35.9 Å². The van der Waals surface area contributed by atoms with Crippen LogP contribution in [0.5, 0.6) is 0 Å². The van der Waals surface area contributed by atoms with E-state index in [-0.39, 0.29) is 12.2 Å². The minimum Gasteiger partial charge on any atom is -0.468 e. The van der Waals surface area contributed by atoms with Crippen molar-refractivity contribution in [2.45, 2.75) is 6.54 Å². The van der Waals surface area contributed by atoms with E-state index in [0.717, 1.165) is 21.8 Å². The Labute approximate surface area is 172 Å². The van der Waals surface area contributed by atoms with Crippen molar-refractivity contribution < 1.29 is 26.4 Å². The van der Waals surface area contributed by atoms with Gasteiger partial charge in [0.1, 0.15) is 5.76 Å². The molecule has 1 aromatic heterocycles. The van der Waals surface area contributed by atoms with Gasteiger partial charge in [-0.15, -0.1) is 0 Å². The predicted octanol–water partition coefficient (Wildman–Crippen LogP) is 4.00. The van der Waals surface area contributed by atoms with Gasteiger partial charge in [0.25, 0.3) is 0 Å². The van der Waals surface area contributed by atoms with Gasteiger partial charge in [0, 0.05) is 17.2 Å². The lowest BCUT2D eigenvalue weighted by Gasteiger charge is -2.19. The van der Waals surface area contributed by atoms with E-state index in [0.29, 0.717) is 11.3 Å². The smallest absolute Gasteiger partial charge is 0.239 e. The SMILES string of the molecule is O=C(CN(Cc1ccco1)S(=O)(=O)/C=C/c1ccccc1)Nc1ccc(F)c(F)c1. The fourth-order valence-corrected chi connectivity index (χ4v) is 3.67. The normalized spacial score (nSPS) is 11.8. The molecule has 0 aliphatic carbocycles. The zero-order chi connectivity index (χ0) is 21.6. The second-order valence-electron chi connectivity index (χ2n) is 6.28. The summed E-state index contributed by atoms with van der Waals surface area (Å²) in [7, 11) is -4.00. The summed E-state index contributed by atoms with van der Waals surface area (Å²) in [4.78, 5) is 12.4. The minimum atomic E-state index is -4.00. The highest BCUT2D eigenvalue weighted by molar-refractivity contribution is 7.92. The molecule has 0 radical (unpaired) electrons. The van der Waals surface area contributed by atoms with Crippen molar-refractivity contribution >= 4 is 27.7 Å². The molecule has 0 fully saturated rings. The highest BCUT2D eigenvalue weighted by atomic mass is 32.2. The number of carbonyl (C=O) groups excluding carboxylic acids is 1. The lowest BCUT2D eigenvalue weighted by atomic mass is 10.2. The van der Waals surface area contributed by atoms with E-state index in [4.69, 9.17) is 4.42 Å². The highest BCUT2D eigenvalue weighted by Gasteiger charge is 2.24. The van der Waals surface area contributed by atoms with Crippen LogP contribution in [0.3, 0.4) is 0 Å². The third kappa shape index (κ3) is 5.85. The maximum absolute atomic E-state index is 13.3. The number of nitrogens with one attached hydrogen (secondary N) is 1. The predicted molar refractivity (Wildman–Crippen MR) is 109 cm³/mol. The van der Waals surface area contributed by atoms with Crippen molar-refractivity contribution in [3.8, 4) is 0 Å². The fraction of sp³-hybridized carbons (Fsp3) is 0.0952. The first-order valence-electron chi connectivity index (χ1n) is 8.84. The Kier molecular flexibility index (Phi) is 6.76. The summed E-state index contributed by atoms with van der Waals surface area (Å²) in [6.45, 7) is -0.735. The number of carbonyl (C=O) groups is 1. The van der Waals surface area contributed by atoms with Crippen LogP contribution >= 0.6 is 0 Å². The number of halogens is 2. The summed E-state index contributed by atoms with van der Waals surface area (Å²) in [5.74, 6) is -2.56. The number of furan rings is 1. The van der Waals surface area contributed by atoms with E-state index < -0.39 is 34.1 Å². The van der Waals surface area contributed by atoms with Crippen LogP contribution in [0.2, 0.25) is 0 Å².